The molecule has 4 heteroatoms. The van der Waals surface area contributed by atoms with Crippen LogP contribution in [-0.2, 0) is 4.74 Å². The molecular formula is C12H25ClN2O. The number of halogens is 1. The van der Waals surface area contributed by atoms with Gasteiger partial charge in [0.2, 0.25) is 0 Å². The monoisotopic (exact) mass is 248 g/mol. The fourth-order valence-corrected chi connectivity index (χ4v) is 2.36. The van der Waals surface area contributed by atoms with E-state index in [9.17, 15) is 0 Å². The van der Waals surface area contributed by atoms with E-state index in [1.165, 1.54) is 25.8 Å². The molecule has 16 heavy (non-hydrogen) atoms. The first-order valence-electron chi connectivity index (χ1n) is 6.15. The number of rotatable bonds is 5. The number of nitrogens with zero attached hydrogens (tertiary/aromatic N) is 1. The topological polar surface area (TPSA) is 38.5 Å². The lowest BCUT2D eigenvalue weighted by Crippen LogP contribution is -2.47. The minimum atomic E-state index is -0.0674. The summed E-state index contributed by atoms with van der Waals surface area (Å²) in [6, 6.07) is 0.813. The van der Waals surface area contributed by atoms with Crippen LogP contribution in [0.1, 0.15) is 33.1 Å². The van der Waals surface area contributed by atoms with E-state index in [4.69, 9.17) is 10.5 Å². The Bertz CT molecular complexity index is 208. The molecule has 1 saturated heterocycles. The summed E-state index contributed by atoms with van der Waals surface area (Å²) in [4.78, 5) is 2.58. The smallest absolute Gasteiger partial charge is 0.0507 e. The molecule has 0 radical (unpaired) electrons. The summed E-state index contributed by atoms with van der Waals surface area (Å²) in [6.07, 6.45) is 3.96. The predicted octanol–water partition coefficient (Wildman–Crippen LogP) is 1.65. The van der Waals surface area contributed by atoms with Crippen LogP contribution in [0.15, 0.2) is 0 Å². The van der Waals surface area contributed by atoms with Crippen LogP contribution in [0.5, 0.6) is 0 Å². The van der Waals surface area contributed by atoms with Gasteiger partial charge in [0, 0.05) is 31.3 Å². The van der Waals surface area contributed by atoms with E-state index in [1.54, 1.807) is 0 Å². The molecule has 1 heterocycles. The lowest BCUT2D eigenvalue weighted by atomic mass is 10.0. The third-order valence-corrected chi connectivity index (χ3v) is 3.19. The summed E-state index contributed by atoms with van der Waals surface area (Å²) in [6.45, 7) is 8.35. The standard InChI is InChI=1S/C12H24N2O.ClH/c1-12(2,13)9-14(11-3-4-11)7-10-5-6-15-8-10;/h10-11H,3-9,13H2,1-2H3;1H. The maximum absolute atomic E-state index is 6.10. The van der Waals surface area contributed by atoms with Gasteiger partial charge in [0.05, 0.1) is 6.61 Å². The first kappa shape index (κ1) is 14.2. The van der Waals surface area contributed by atoms with E-state index in [2.05, 4.69) is 18.7 Å². The fraction of sp³-hybridized carbons (Fsp3) is 1.00. The molecule has 3 nitrogen and oxygen atoms in total. The van der Waals surface area contributed by atoms with Crippen LogP contribution < -0.4 is 5.73 Å². The molecule has 2 rings (SSSR count). The molecule has 96 valence electrons. The molecule has 0 aromatic rings. The van der Waals surface area contributed by atoms with Gasteiger partial charge in [0.1, 0.15) is 0 Å². The Morgan fingerprint density at radius 1 is 1.31 bits per heavy atom. The molecule has 0 spiro atoms. The minimum absolute atomic E-state index is 0. The van der Waals surface area contributed by atoms with Crippen molar-refractivity contribution in [3.8, 4) is 0 Å². The van der Waals surface area contributed by atoms with Gasteiger partial charge in [-0.1, -0.05) is 0 Å². The van der Waals surface area contributed by atoms with Crippen molar-refractivity contribution in [1.82, 2.24) is 4.90 Å². The summed E-state index contributed by atoms with van der Waals surface area (Å²) in [5.74, 6) is 0.743. The zero-order chi connectivity index (χ0) is 10.9. The fourth-order valence-electron chi connectivity index (χ4n) is 2.36. The van der Waals surface area contributed by atoms with E-state index in [-0.39, 0.29) is 17.9 Å². The largest absolute Gasteiger partial charge is 0.381 e. The average Bonchev–Trinajstić information content (AvgIpc) is 2.83. The lowest BCUT2D eigenvalue weighted by Gasteiger charge is -2.31. The van der Waals surface area contributed by atoms with Gasteiger partial charge in [-0.15, -0.1) is 12.4 Å². The van der Waals surface area contributed by atoms with Crippen molar-refractivity contribution in [2.45, 2.75) is 44.7 Å². The number of hydrogen-bond donors (Lipinski definition) is 1. The Balaban J connectivity index is 0.00000128. The molecule has 0 amide bonds. The maximum Gasteiger partial charge on any atom is 0.0507 e. The summed E-state index contributed by atoms with van der Waals surface area (Å²) in [5, 5.41) is 0. The van der Waals surface area contributed by atoms with Crippen molar-refractivity contribution >= 4 is 12.4 Å². The van der Waals surface area contributed by atoms with Gasteiger partial charge in [-0.25, -0.2) is 0 Å². The van der Waals surface area contributed by atoms with E-state index >= 15 is 0 Å². The zero-order valence-electron chi connectivity index (χ0n) is 10.4. The second-order valence-electron chi connectivity index (χ2n) is 5.88. The van der Waals surface area contributed by atoms with E-state index < -0.39 is 0 Å². The van der Waals surface area contributed by atoms with Crippen molar-refractivity contribution in [2.24, 2.45) is 11.7 Å². The van der Waals surface area contributed by atoms with Gasteiger partial charge in [0.25, 0.3) is 0 Å². The number of nitrogens with two attached hydrogens (primary N) is 1. The Labute approximate surface area is 105 Å². The summed E-state index contributed by atoms with van der Waals surface area (Å²) >= 11 is 0. The average molecular weight is 249 g/mol. The molecule has 1 aliphatic heterocycles. The summed E-state index contributed by atoms with van der Waals surface area (Å²) in [7, 11) is 0. The highest BCUT2D eigenvalue weighted by Crippen LogP contribution is 2.29. The Morgan fingerprint density at radius 2 is 2.00 bits per heavy atom. The third-order valence-electron chi connectivity index (χ3n) is 3.19. The second-order valence-corrected chi connectivity index (χ2v) is 5.88. The molecule has 0 bridgehead atoms. The molecule has 0 aromatic carbocycles. The van der Waals surface area contributed by atoms with Crippen LogP contribution in [0.4, 0.5) is 0 Å². The van der Waals surface area contributed by atoms with Crippen molar-refractivity contribution < 1.29 is 4.74 Å². The molecule has 2 fully saturated rings. The highest BCUT2D eigenvalue weighted by atomic mass is 35.5. The van der Waals surface area contributed by atoms with Crippen LogP contribution in [0.25, 0.3) is 0 Å². The zero-order valence-corrected chi connectivity index (χ0v) is 11.3. The SMILES string of the molecule is CC(C)(N)CN(CC1CCOC1)C1CC1.Cl. The molecule has 0 aromatic heterocycles. The third kappa shape index (κ3) is 4.58. The maximum atomic E-state index is 6.10. The van der Waals surface area contributed by atoms with Crippen LogP contribution in [-0.4, -0.2) is 42.8 Å². The highest BCUT2D eigenvalue weighted by molar-refractivity contribution is 5.85. The van der Waals surface area contributed by atoms with Gasteiger partial charge >= 0.3 is 0 Å². The molecule has 1 saturated carbocycles. The first-order valence-corrected chi connectivity index (χ1v) is 6.15. The number of hydrogen-bond acceptors (Lipinski definition) is 3. The van der Waals surface area contributed by atoms with Gasteiger partial charge in [-0.05, 0) is 39.0 Å². The predicted molar refractivity (Wildman–Crippen MR) is 69.0 cm³/mol. The van der Waals surface area contributed by atoms with E-state index in [0.29, 0.717) is 0 Å². The van der Waals surface area contributed by atoms with Crippen LogP contribution in [0, 0.1) is 5.92 Å². The van der Waals surface area contributed by atoms with Crippen molar-refractivity contribution in [3.05, 3.63) is 0 Å². The van der Waals surface area contributed by atoms with Crippen LogP contribution in [0.2, 0.25) is 0 Å². The number of ether oxygens (including phenoxy) is 1. The normalized spacial score (nSPS) is 25.9. The van der Waals surface area contributed by atoms with E-state index in [1.807, 2.05) is 0 Å². The van der Waals surface area contributed by atoms with Crippen LogP contribution >= 0.6 is 12.4 Å². The Hall–Kier alpha value is 0.170. The summed E-state index contributed by atoms with van der Waals surface area (Å²) < 4.78 is 5.43. The molecule has 1 atom stereocenters. The Kier molecular flexibility index (Phi) is 5.05. The lowest BCUT2D eigenvalue weighted by molar-refractivity contribution is 0.152. The molecule has 2 N–H and O–H groups in total. The van der Waals surface area contributed by atoms with Crippen molar-refractivity contribution in [3.63, 3.8) is 0 Å². The molecule has 2 aliphatic rings. The second kappa shape index (κ2) is 5.67. The van der Waals surface area contributed by atoms with Crippen LogP contribution in [0.3, 0.4) is 0 Å². The van der Waals surface area contributed by atoms with E-state index in [0.717, 1.165) is 31.7 Å². The van der Waals surface area contributed by atoms with Gasteiger partial charge in [-0.3, -0.25) is 4.90 Å². The van der Waals surface area contributed by atoms with Gasteiger partial charge < -0.3 is 10.5 Å². The minimum Gasteiger partial charge on any atom is -0.381 e. The Morgan fingerprint density at radius 3 is 2.44 bits per heavy atom. The van der Waals surface area contributed by atoms with Gasteiger partial charge in [-0.2, -0.15) is 0 Å². The molecule has 1 unspecified atom stereocenters. The molecular weight excluding hydrogens is 224 g/mol. The molecule has 1 aliphatic carbocycles. The highest BCUT2D eigenvalue weighted by Gasteiger charge is 2.33. The van der Waals surface area contributed by atoms with Crippen molar-refractivity contribution in [1.29, 1.82) is 0 Å². The first-order chi connectivity index (χ1) is 7.04. The quantitative estimate of drug-likeness (QED) is 0.804. The summed E-state index contributed by atoms with van der Waals surface area (Å²) in [5.41, 5.74) is 6.04. The van der Waals surface area contributed by atoms with Gasteiger partial charge in [0.15, 0.2) is 0 Å². The van der Waals surface area contributed by atoms with Crippen molar-refractivity contribution in [2.75, 3.05) is 26.3 Å².